The van der Waals surface area contributed by atoms with Gasteiger partial charge >= 0.3 is 0 Å². The maximum absolute atomic E-state index is 5.39. The Hall–Kier alpha value is -7.49. The molecule has 0 saturated heterocycles. The van der Waals surface area contributed by atoms with Gasteiger partial charge < -0.3 is 0 Å². The van der Waals surface area contributed by atoms with Crippen molar-refractivity contribution >= 4 is 21.5 Å². The zero-order valence-corrected chi connectivity index (χ0v) is 31.0. The molecule has 3 nitrogen and oxygen atoms in total. The first-order valence-electron chi connectivity index (χ1n) is 19.4. The molecule has 3 heteroatoms. The molecule has 0 aliphatic heterocycles. The van der Waals surface area contributed by atoms with Gasteiger partial charge in [0.25, 0.3) is 0 Å². The molecule has 0 amide bonds. The predicted octanol–water partition coefficient (Wildman–Crippen LogP) is 13.2. The Balaban J connectivity index is 1.17. The van der Waals surface area contributed by atoms with Crippen molar-refractivity contribution < 1.29 is 0 Å². The SMILES string of the molecule is c1ccc(-c2nc(-c3ccc4c(c3)C(c3ccccc3)(c3ccccc3)c3ccccc3-4)nc(-c3cc(-c4cccc5ccccc45)cc4ccccc34)n2)cc1. The van der Waals surface area contributed by atoms with Crippen molar-refractivity contribution in [1.82, 2.24) is 15.0 Å². The topological polar surface area (TPSA) is 38.7 Å². The van der Waals surface area contributed by atoms with Crippen LogP contribution in [0.5, 0.6) is 0 Å². The van der Waals surface area contributed by atoms with Crippen LogP contribution in [0.2, 0.25) is 0 Å². The van der Waals surface area contributed by atoms with Crippen molar-refractivity contribution in [3.05, 3.63) is 235 Å². The summed E-state index contributed by atoms with van der Waals surface area (Å²) in [6, 6.07) is 75.8. The lowest BCUT2D eigenvalue weighted by molar-refractivity contribution is 0.768. The quantitative estimate of drug-likeness (QED) is 0.171. The monoisotopic (exact) mass is 725 g/mol. The minimum absolute atomic E-state index is 0.536. The van der Waals surface area contributed by atoms with Gasteiger partial charge in [-0.1, -0.05) is 194 Å². The van der Waals surface area contributed by atoms with Crippen LogP contribution in [0.25, 0.3) is 78.0 Å². The van der Waals surface area contributed by atoms with E-state index in [4.69, 9.17) is 15.0 Å². The van der Waals surface area contributed by atoms with Crippen molar-refractivity contribution in [1.29, 1.82) is 0 Å². The summed E-state index contributed by atoms with van der Waals surface area (Å²) < 4.78 is 0. The van der Waals surface area contributed by atoms with E-state index in [1.165, 1.54) is 49.7 Å². The third-order valence-corrected chi connectivity index (χ3v) is 11.6. The minimum Gasteiger partial charge on any atom is -0.208 e. The van der Waals surface area contributed by atoms with Crippen LogP contribution in [0, 0.1) is 0 Å². The van der Waals surface area contributed by atoms with Crippen molar-refractivity contribution in [2.24, 2.45) is 0 Å². The van der Waals surface area contributed by atoms with Crippen molar-refractivity contribution in [3.63, 3.8) is 0 Å². The van der Waals surface area contributed by atoms with Crippen LogP contribution in [-0.4, -0.2) is 15.0 Å². The summed E-state index contributed by atoms with van der Waals surface area (Å²) >= 11 is 0. The number of hydrogen-bond donors (Lipinski definition) is 0. The summed E-state index contributed by atoms with van der Waals surface area (Å²) in [6.07, 6.45) is 0. The van der Waals surface area contributed by atoms with Crippen LogP contribution in [0.4, 0.5) is 0 Å². The molecule has 0 spiro atoms. The molecular formula is C54H35N3. The van der Waals surface area contributed by atoms with Gasteiger partial charge in [-0.3, -0.25) is 0 Å². The van der Waals surface area contributed by atoms with Crippen LogP contribution >= 0.6 is 0 Å². The van der Waals surface area contributed by atoms with Gasteiger partial charge in [0.05, 0.1) is 5.41 Å². The fourth-order valence-electron chi connectivity index (χ4n) is 9.05. The molecule has 1 aromatic heterocycles. The number of fused-ring (bicyclic) bond motifs is 5. The van der Waals surface area contributed by atoms with Crippen LogP contribution in [0.15, 0.2) is 212 Å². The Morgan fingerprint density at radius 2 is 0.807 bits per heavy atom. The van der Waals surface area contributed by atoms with E-state index in [1.807, 2.05) is 18.2 Å². The lowest BCUT2D eigenvalue weighted by Crippen LogP contribution is -2.28. The molecule has 0 fully saturated rings. The van der Waals surface area contributed by atoms with Gasteiger partial charge in [0.2, 0.25) is 0 Å². The van der Waals surface area contributed by atoms with Crippen molar-refractivity contribution in [3.8, 4) is 56.4 Å². The number of benzene rings is 9. The molecule has 0 atom stereocenters. The molecule has 10 aromatic rings. The summed E-state index contributed by atoms with van der Waals surface area (Å²) in [5, 5.41) is 4.64. The molecule has 0 radical (unpaired) electrons. The number of hydrogen-bond acceptors (Lipinski definition) is 3. The molecule has 0 saturated carbocycles. The van der Waals surface area contributed by atoms with E-state index in [1.54, 1.807) is 0 Å². The van der Waals surface area contributed by atoms with Gasteiger partial charge in [0.1, 0.15) is 0 Å². The molecule has 9 aromatic carbocycles. The first-order chi connectivity index (χ1) is 28.3. The number of aromatic nitrogens is 3. The zero-order valence-electron chi connectivity index (χ0n) is 31.0. The van der Waals surface area contributed by atoms with E-state index in [-0.39, 0.29) is 0 Å². The predicted molar refractivity (Wildman–Crippen MR) is 234 cm³/mol. The molecule has 57 heavy (non-hydrogen) atoms. The Bertz CT molecular complexity index is 3070. The van der Waals surface area contributed by atoms with Crippen LogP contribution in [-0.2, 0) is 5.41 Å². The van der Waals surface area contributed by atoms with Gasteiger partial charge in [-0.2, -0.15) is 0 Å². The van der Waals surface area contributed by atoms with E-state index in [9.17, 15) is 0 Å². The molecule has 0 bridgehead atoms. The Morgan fingerprint density at radius 1 is 0.281 bits per heavy atom. The highest BCUT2D eigenvalue weighted by molar-refractivity contribution is 6.03. The second-order valence-electron chi connectivity index (χ2n) is 14.7. The summed E-state index contributed by atoms with van der Waals surface area (Å²) in [5.74, 6) is 1.90. The van der Waals surface area contributed by atoms with Gasteiger partial charge in [0.15, 0.2) is 17.5 Å². The fraction of sp³-hybridized carbons (Fsp3) is 0.0185. The first kappa shape index (κ1) is 32.9. The third-order valence-electron chi connectivity index (χ3n) is 11.6. The highest BCUT2D eigenvalue weighted by Gasteiger charge is 2.46. The molecule has 1 heterocycles. The van der Waals surface area contributed by atoms with E-state index in [0.717, 1.165) is 33.0 Å². The maximum atomic E-state index is 5.39. The largest absolute Gasteiger partial charge is 0.208 e. The highest BCUT2D eigenvalue weighted by Crippen LogP contribution is 2.56. The van der Waals surface area contributed by atoms with E-state index >= 15 is 0 Å². The highest BCUT2D eigenvalue weighted by atomic mass is 15.0. The van der Waals surface area contributed by atoms with Crippen molar-refractivity contribution in [2.75, 3.05) is 0 Å². The minimum atomic E-state index is -0.536. The van der Waals surface area contributed by atoms with Crippen LogP contribution in [0.3, 0.4) is 0 Å². The summed E-state index contributed by atoms with van der Waals surface area (Å²) in [5.41, 5.74) is 12.0. The Morgan fingerprint density at radius 3 is 1.54 bits per heavy atom. The fourth-order valence-corrected chi connectivity index (χ4v) is 9.05. The zero-order chi connectivity index (χ0) is 37.8. The molecule has 11 rings (SSSR count). The average molecular weight is 726 g/mol. The maximum Gasteiger partial charge on any atom is 0.164 e. The molecule has 0 unspecified atom stereocenters. The summed E-state index contributed by atoms with van der Waals surface area (Å²) in [7, 11) is 0. The van der Waals surface area contributed by atoms with Crippen LogP contribution < -0.4 is 0 Å². The molecular weight excluding hydrogens is 691 g/mol. The second-order valence-corrected chi connectivity index (χ2v) is 14.7. The van der Waals surface area contributed by atoms with Gasteiger partial charge in [-0.25, -0.2) is 15.0 Å². The lowest BCUT2D eigenvalue weighted by atomic mass is 9.67. The second kappa shape index (κ2) is 13.4. The number of nitrogens with zero attached hydrogens (tertiary/aromatic N) is 3. The molecule has 1 aliphatic carbocycles. The summed E-state index contributed by atoms with van der Waals surface area (Å²) in [6.45, 7) is 0. The van der Waals surface area contributed by atoms with Crippen LogP contribution in [0.1, 0.15) is 22.3 Å². The molecule has 266 valence electrons. The average Bonchev–Trinajstić information content (AvgIpc) is 3.59. The van der Waals surface area contributed by atoms with Gasteiger partial charge in [0, 0.05) is 16.7 Å². The molecule has 1 aliphatic rings. The van der Waals surface area contributed by atoms with Crippen molar-refractivity contribution in [2.45, 2.75) is 5.41 Å². The van der Waals surface area contributed by atoms with E-state index in [0.29, 0.717) is 17.5 Å². The normalized spacial score (nSPS) is 12.7. The number of rotatable bonds is 6. The van der Waals surface area contributed by atoms with E-state index in [2.05, 4.69) is 194 Å². The lowest BCUT2D eigenvalue weighted by Gasteiger charge is -2.34. The summed E-state index contributed by atoms with van der Waals surface area (Å²) in [4.78, 5) is 15.9. The first-order valence-corrected chi connectivity index (χ1v) is 19.4. The Labute approximate surface area is 331 Å². The van der Waals surface area contributed by atoms with Gasteiger partial charge in [-0.15, -0.1) is 0 Å². The van der Waals surface area contributed by atoms with E-state index < -0.39 is 5.41 Å². The Kier molecular flexibility index (Phi) is 7.71. The third kappa shape index (κ3) is 5.32. The smallest absolute Gasteiger partial charge is 0.164 e. The standard InChI is InChI=1S/C54H35N3/c1-4-18-37(19-5-1)51-55-52(57-53(56-51)48-34-40(33-38-20-11-13-27-44(38)48)45-29-16-21-36-17-10-12-26-43(36)45)39-31-32-47-46-28-14-15-30-49(46)54(50(47)35-39,41-22-6-2-7-23-41)42-24-8-3-9-25-42/h1-35H. The van der Waals surface area contributed by atoms with Gasteiger partial charge in [-0.05, 0) is 84.3 Å². The molecule has 0 N–H and O–H groups in total.